The molecule has 1 aromatic carbocycles. The van der Waals surface area contributed by atoms with E-state index in [0.29, 0.717) is 12.1 Å². The normalized spacial score (nSPS) is 13.5. The van der Waals surface area contributed by atoms with Crippen molar-refractivity contribution in [2.45, 2.75) is 39.2 Å². The van der Waals surface area contributed by atoms with Gasteiger partial charge < -0.3 is 15.5 Å². The van der Waals surface area contributed by atoms with Crippen molar-refractivity contribution in [3.8, 4) is 10.6 Å². The van der Waals surface area contributed by atoms with Gasteiger partial charge in [0.15, 0.2) is 0 Å². The second-order valence-electron chi connectivity index (χ2n) is 6.76. The molecule has 0 amide bonds. The van der Waals surface area contributed by atoms with E-state index in [1.807, 2.05) is 45.0 Å². The summed E-state index contributed by atoms with van der Waals surface area (Å²) in [6, 6.07) is 7.10. The Labute approximate surface area is 156 Å². The number of carboxylic acids is 2. The van der Waals surface area contributed by atoms with Crippen LogP contribution in [-0.2, 0) is 9.59 Å². The number of nitrogens with zero attached hydrogens (tertiary/aromatic N) is 1. The van der Waals surface area contributed by atoms with E-state index in [-0.39, 0.29) is 12.5 Å². The van der Waals surface area contributed by atoms with Crippen LogP contribution in [-0.4, -0.2) is 39.7 Å². The van der Waals surface area contributed by atoms with Crippen LogP contribution >= 0.6 is 11.3 Å². The number of rotatable bonds is 9. The maximum Gasteiger partial charge on any atom is 0.320 e. The Balaban J connectivity index is 2.13. The molecule has 26 heavy (non-hydrogen) atoms. The fourth-order valence-electron chi connectivity index (χ4n) is 2.60. The highest BCUT2D eigenvalue weighted by Gasteiger charge is 2.26. The zero-order valence-corrected chi connectivity index (χ0v) is 15.9. The minimum Gasteiger partial charge on any atom is -0.481 e. The van der Waals surface area contributed by atoms with Crippen molar-refractivity contribution in [2.75, 3.05) is 6.54 Å². The molecule has 3 N–H and O–H groups in total. The lowest BCUT2D eigenvalue weighted by atomic mass is 10.0. The van der Waals surface area contributed by atoms with E-state index < -0.39 is 23.9 Å². The number of thiazole rings is 1. The lowest BCUT2D eigenvalue weighted by Crippen LogP contribution is -2.41. The number of hydrogen-bond acceptors (Lipinski definition) is 5. The fraction of sp³-hybridized carbons (Fsp3) is 0.421. The Morgan fingerprint density at radius 3 is 2.35 bits per heavy atom. The summed E-state index contributed by atoms with van der Waals surface area (Å²) in [5.41, 5.74) is 2.52. The molecule has 2 aromatic rings. The zero-order valence-electron chi connectivity index (χ0n) is 15.1. The van der Waals surface area contributed by atoms with Gasteiger partial charge in [-0.25, -0.2) is 4.98 Å². The topological polar surface area (TPSA) is 99.5 Å². The number of aryl methyl sites for hydroxylation is 1. The highest BCUT2D eigenvalue weighted by atomic mass is 32.1. The summed E-state index contributed by atoms with van der Waals surface area (Å²) in [5.74, 6) is -2.69. The Bertz CT molecular complexity index is 755. The first kappa shape index (κ1) is 20.1. The standard InChI is InChI=1S/C19H24N2O4S/c1-11(2)8-15(19(24)25)20-9-14(18(22)23)16-10-26-17(21-16)13-6-4-12(3)5-7-13/h4-7,10-11,14-15,20H,8-9H2,1-3H3,(H,22,23)(H,24,25). The van der Waals surface area contributed by atoms with E-state index in [9.17, 15) is 19.8 Å². The largest absolute Gasteiger partial charge is 0.481 e. The van der Waals surface area contributed by atoms with Crippen LogP contribution in [0.1, 0.15) is 37.4 Å². The van der Waals surface area contributed by atoms with Crippen LogP contribution in [0.3, 0.4) is 0 Å². The molecule has 6 nitrogen and oxygen atoms in total. The number of carboxylic acid groups (broad SMARTS) is 2. The molecular formula is C19H24N2O4S. The summed E-state index contributed by atoms with van der Waals surface area (Å²) < 4.78 is 0. The number of nitrogens with one attached hydrogen (secondary N) is 1. The summed E-state index contributed by atoms with van der Waals surface area (Å²) in [6.45, 7) is 5.89. The molecule has 0 spiro atoms. The van der Waals surface area contributed by atoms with Gasteiger partial charge in [0.2, 0.25) is 0 Å². The van der Waals surface area contributed by atoms with Gasteiger partial charge in [-0.2, -0.15) is 0 Å². The molecule has 0 aliphatic carbocycles. The van der Waals surface area contributed by atoms with Crippen molar-refractivity contribution < 1.29 is 19.8 Å². The van der Waals surface area contributed by atoms with Gasteiger partial charge in [-0.1, -0.05) is 43.7 Å². The average molecular weight is 376 g/mol. The summed E-state index contributed by atoms with van der Waals surface area (Å²) in [7, 11) is 0. The van der Waals surface area contributed by atoms with Gasteiger partial charge in [0, 0.05) is 17.5 Å². The first-order valence-corrected chi connectivity index (χ1v) is 9.37. The third kappa shape index (κ3) is 5.37. The summed E-state index contributed by atoms with van der Waals surface area (Å²) >= 11 is 1.39. The minimum atomic E-state index is -1.02. The number of benzene rings is 1. The number of aliphatic carboxylic acids is 2. The van der Waals surface area contributed by atoms with Crippen molar-refractivity contribution in [1.29, 1.82) is 0 Å². The molecule has 7 heteroatoms. The van der Waals surface area contributed by atoms with Crippen LogP contribution in [0.15, 0.2) is 29.6 Å². The molecule has 0 aliphatic heterocycles. The number of hydrogen-bond donors (Lipinski definition) is 3. The van der Waals surface area contributed by atoms with Crippen LogP contribution in [0.2, 0.25) is 0 Å². The van der Waals surface area contributed by atoms with E-state index in [2.05, 4.69) is 10.3 Å². The van der Waals surface area contributed by atoms with Gasteiger partial charge in [-0.05, 0) is 19.3 Å². The molecule has 2 unspecified atom stereocenters. The second kappa shape index (κ2) is 8.91. The van der Waals surface area contributed by atoms with Gasteiger partial charge >= 0.3 is 11.9 Å². The van der Waals surface area contributed by atoms with Crippen LogP contribution in [0.5, 0.6) is 0 Å². The molecule has 0 radical (unpaired) electrons. The third-order valence-corrected chi connectivity index (χ3v) is 4.96. The van der Waals surface area contributed by atoms with Crippen LogP contribution in [0.25, 0.3) is 10.6 Å². The molecule has 2 rings (SSSR count). The van der Waals surface area contributed by atoms with Crippen molar-refractivity contribution in [3.63, 3.8) is 0 Å². The average Bonchev–Trinajstić information content (AvgIpc) is 3.03. The highest BCUT2D eigenvalue weighted by molar-refractivity contribution is 7.13. The SMILES string of the molecule is Cc1ccc(-c2nc(C(CNC(CC(C)C)C(=O)O)C(=O)O)cs2)cc1. The second-order valence-corrected chi connectivity index (χ2v) is 7.62. The molecule has 1 heterocycles. The molecule has 0 saturated carbocycles. The van der Waals surface area contributed by atoms with Crippen LogP contribution < -0.4 is 5.32 Å². The van der Waals surface area contributed by atoms with Crippen LogP contribution in [0.4, 0.5) is 0 Å². The number of aromatic nitrogens is 1. The first-order chi connectivity index (χ1) is 12.3. The number of carbonyl (C=O) groups is 2. The van der Waals surface area contributed by atoms with Crippen molar-refractivity contribution in [3.05, 3.63) is 40.9 Å². The Morgan fingerprint density at radius 1 is 1.15 bits per heavy atom. The molecular weight excluding hydrogens is 352 g/mol. The molecule has 0 aliphatic rings. The molecule has 1 aromatic heterocycles. The quantitative estimate of drug-likeness (QED) is 0.620. The predicted octanol–water partition coefficient (Wildman–Crippen LogP) is 3.38. The maximum absolute atomic E-state index is 11.7. The van der Waals surface area contributed by atoms with Gasteiger partial charge in [-0.15, -0.1) is 11.3 Å². The van der Waals surface area contributed by atoms with E-state index in [0.717, 1.165) is 16.1 Å². The van der Waals surface area contributed by atoms with Gasteiger partial charge in [0.05, 0.1) is 5.69 Å². The minimum absolute atomic E-state index is 0.0239. The van der Waals surface area contributed by atoms with E-state index in [1.54, 1.807) is 5.38 Å². The molecule has 0 fully saturated rings. The predicted molar refractivity (Wildman–Crippen MR) is 102 cm³/mol. The summed E-state index contributed by atoms with van der Waals surface area (Å²) in [4.78, 5) is 27.5. The Kier molecular flexibility index (Phi) is 6.88. The fourth-order valence-corrected chi connectivity index (χ4v) is 3.48. The Morgan fingerprint density at radius 2 is 1.81 bits per heavy atom. The van der Waals surface area contributed by atoms with E-state index in [1.165, 1.54) is 11.3 Å². The Hall–Kier alpha value is -2.25. The summed E-state index contributed by atoms with van der Waals surface area (Å²) in [5, 5.41) is 24.2. The monoisotopic (exact) mass is 376 g/mol. The van der Waals surface area contributed by atoms with Gasteiger partial charge in [0.25, 0.3) is 0 Å². The lowest BCUT2D eigenvalue weighted by Gasteiger charge is -2.18. The smallest absolute Gasteiger partial charge is 0.320 e. The maximum atomic E-state index is 11.7. The van der Waals surface area contributed by atoms with Gasteiger partial charge in [-0.3, -0.25) is 9.59 Å². The van der Waals surface area contributed by atoms with E-state index in [4.69, 9.17) is 0 Å². The highest BCUT2D eigenvalue weighted by Crippen LogP contribution is 2.27. The van der Waals surface area contributed by atoms with Crippen molar-refractivity contribution >= 4 is 23.3 Å². The molecule has 140 valence electrons. The zero-order chi connectivity index (χ0) is 19.3. The van der Waals surface area contributed by atoms with Crippen molar-refractivity contribution in [2.24, 2.45) is 5.92 Å². The van der Waals surface area contributed by atoms with Crippen LogP contribution in [0, 0.1) is 12.8 Å². The molecule has 0 saturated heterocycles. The van der Waals surface area contributed by atoms with Crippen molar-refractivity contribution in [1.82, 2.24) is 10.3 Å². The molecule has 2 atom stereocenters. The van der Waals surface area contributed by atoms with Gasteiger partial charge in [0.1, 0.15) is 17.0 Å². The lowest BCUT2D eigenvalue weighted by molar-refractivity contribution is -0.142. The third-order valence-electron chi connectivity index (χ3n) is 4.05. The molecule has 0 bridgehead atoms. The van der Waals surface area contributed by atoms with E-state index >= 15 is 0 Å². The first-order valence-electron chi connectivity index (χ1n) is 8.49. The summed E-state index contributed by atoms with van der Waals surface area (Å²) in [6.07, 6.45) is 0.438.